The van der Waals surface area contributed by atoms with Crippen molar-refractivity contribution in [3.8, 4) is 0 Å². The van der Waals surface area contributed by atoms with Crippen molar-refractivity contribution in [3.63, 3.8) is 0 Å². The monoisotopic (exact) mass is 269 g/mol. The van der Waals surface area contributed by atoms with E-state index >= 15 is 0 Å². The predicted octanol–water partition coefficient (Wildman–Crippen LogP) is 4.71. The van der Waals surface area contributed by atoms with Crippen LogP contribution in [0.25, 0.3) is 0 Å². The summed E-state index contributed by atoms with van der Waals surface area (Å²) in [7, 11) is 1.98. The zero-order chi connectivity index (χ0) is 13.0. The number of hydrogen-bond donors (Lipinski definition) is 1. The first-order chi connectivity index (χ1) is 8.72. The minimum atomic E-state index is -0.337. The molecule has 1 aromatic rings. The van der Waals surface area contributed by atoms with E-state index in [1.807, 2.05) is 13.1 Å². The van der Waals surface area contributed by atoms with Crippen LogP contribution in [-0.2, 0) is 0 Å². The summed E-state index contributed by atoms with van der Waals surface area (Å²) in [5.41, 5.74) is 1.11. The highest BCUT2D eigenvalue weighted by molar-refractivity contribution is 6.30. The molecule has 2 rings (SSSR count). The van der Waals surface area contributed by atoms with Gasteiger partial charge >= 0.3 is 0 Å². The van der Waals surface area contributed by atoms with Crippen molar-refractivity contribution in [2.45, 2.75) is 44.6 Å². The van der Waals surface area contributed by atoms with Gasteiger partial charge in [0, 0.05) is 6.04 Å². The lowest BCUT2D eigenvalue weighted by molar-refractivity contribution is 0.341. The van der Waals surface area contributed by atoms with Crippen molar-refractivity contribution < 1.29 is 4.39 Å². The Morgan fingerprint density at radius 2 is 1.89 bits per heavy atom. The maximum absolute atomic E-state index is 13.2. The summed E-state index contributed by atoms with van der Waals surface area (Å²) < 4.78 is 13.2. The molecule has 1 aromatic carbocycles. The van der Waals surface area contributed by atoms with E-state index in [-0.39, 0.29) is 10.8 Å². The van der Waals surface area contributed by atoms with Gasteiger partial charge in [-0.1, -0.05) is 43.4 Å². The summed E-state index contributed by atoms with van der Waals surface area (Å²) in [6.07, 6.45) is 7.80. The number of benzene rings is 1. The van der Waals surface area contributed by atoms with Gasteiger partial charge in [-0.3, -0.25) is 0 Å². The van der Waals surface area contributed by atoms with E-state index in [1.165, 1.54) is 44.6 Å². The zero-order valence-electron chi connectivity index (χ0n) is 10.9. The molecule has 0 bridgehead atoms. The van der Waals surface area contributed by atoms with E-state index in [0.717, 1.165) is 5.56 Å². The van der Waals surface area contributed by atoms with Gasteiger partial charge in [0.1, 0.15) is 5.82 Å². The fraction of sp³-hybridized carbons (Fsp3) is 0.600. The maximum Gasteiger partial charge on any atom is 0.141 e. The third-order valence-electron chi connectivity index (χ3n) is 3.99. The van der Waals surface area contributed by atoms with E-state index in [4.69, 9.17) is 11.6 Å². The van der Waals surface area contributed by atoms with Gasteiger partial charge in [0.2, 0.25) is 0 Å². The molecular formula is C15H21ClFN. The second-order valence-electron chi connectivity index (χ2n) is 5.19. The highest BCUT2D eigenvalue weighted by Crippen LogP contribution is 2.34. The van der Waals surface area contributed by atoms with Crippen molar-refractivity contribution in [3.05, 3.63) is 34.6 Å². The van der Waals surface area contributed by atoms with E-state index in [1.54, 1.807) is 6.07 Å². The molecule has 1 nitrogen and oxygen atoms in total. The van der Waals surface area contributed by atoms with Crippen molar-refractivity contribution in [1.29, 1.82) is 0 Å². The van der Waals surface area contributed by atoms with E-state index in [2.05, 4.69) is 5.32 Å². The molecule has 1 fully saturated rings. The molecule has 1 atom stereocenters. The number of hydrogen-bond acceptors (Lipinski definition) is 1. The first-order valence-electron chi connectivity index (χ1n) is 6.84. The second-order valence-corrected chi connectivity index (χ2v) is 5.60. The molecule has 0 amide bonds. The van der Waals surface area contributed by atoms with Crippen LogP contribution in [-0.4, -0.2) is 7.05 Å². The maximum atomic E-state index is 13.2. The number of nitrogens with one attached hydrogen (secondary N) is 1. The first-order valence-corrected chi connectivity index (χ1v) is 7.22. The summed E-state index contributed by atoms with van der Waals surface area (Å²) in [5.74, 6) is 0.301. The molecule has 100 valence electrons. The molecule has 18 heavy (non-hydrogen) atoms. The lowest BCUT2D eigenvalue weighted by Crippen LogP contribution is -2.25. The van der Waals surface area contributed by atoms with E-state index in [9.17, 15) is 4.39 Å². The molecule has 0 saturated heterocycles. The highest BCUT2D eigenvalue weighted by Gasteiger charge is 2.23. The Kier molecular flexibility index (Phi) is 5.02. The van der Waals surface area contributed by atoms with E-state index in [0.29, 0.717) is 12.0 Å². The molecule has 0 aliphatic heterocycles. The summed E-state index contributed by atoms with van der Waals surface area (Å²) in [5, 5.41) is 3.60. The van der Waals surface area contributed by atoms with Crippen LogP contribution >= 0.6 is 11.6 Å². The second kappa shape index (κ2) is 6.53. The Morgan fingerprint density at radius 3 is 2.44 bits per heavy atom. The Balaban J connectivity index is 2.17. The lowest BCUT2D eigenvalue weighted by atomic mass is 9.87. The van der Waals surface area contributed by atoms with Crippen molar-refractivity contribution in [2.75, 3.05) is 7.05 Å². The van der Waals surface area contributed by atoms with Gasteiger partial charge in [0.25, 0.3) is 0 Å². The third-order valence-corrected chi connectivity index (χ3v) is 4.27. The molecule has 1 N–H and O–H groups in total. The largest absolute Gasteiger partial charge is 0.313 e. The smallest absolute Gasteiger partial charge is 0.141 e. The third kappa shape index (κ3) is 3.24. The zero-order valence-corrected chi connectivity index (χ0v) is 11.6. The normalized spacial score (nSPS) is 19.5. The summed E-state index contributed by atoms with van der Waals surface area (Å²) in [6.45, 7) is 0. The van der Waals surface area contributed by atoms with Gasteiger partial charge in [-0.05, 0) is 43.5 Å². The van der Waals surface area contributed by atoms with Gasteiger partial charge in [0.15, 0.2) is 0 Å². The van der Waals surface area contributed by atoms with Crippen LogP contribution < -0.4 is 5.32 Å². The van der Waals surface area contributed by atoms with Crippen LogP contribution in [0.4, 0.5) is 4.39 Å². The van der Waals surface area contributed by atoms with Gasteiger partial charge in [-0.2, -0.15) is 0 Å². The Bertz CT molecular complexity index is 386. The molecular weight excluding hydrogens is 249 g/mol. The molecule has 1 unspecified atom stereocenters. The molecule has 1 saturated carbocycles. The molecule has 1 aliphatic rings. The van der Waals surface area contributed by atoms with Gasteiger partial charge in [-0.25, -0.2) is 4.39 Å². The van der Waals surface area contributed by atoms with Crippen molar-refractivity contribution in [2.24, 2.45) is 5.92 Å². The number of halogens is 2. The van der Waals surface area contributed by atoms with Gasteiger partial charge in [-0.15, -0.1) is 0 Å². The van der Waals surface area contributed by atoms with Crippen LogP contribution in [0.2, 0.25) is 5.02 Å². The first kappa shape index (κ1) is 13.8. The molecule has 0 aromatic heterocycles. The summed E-state index contributed by atoms with van der Waals surface area (Å²) >= 11 is 5.88. The average molecular weight is 270 g/mol. The Labute approximate surface area is 114 Å². The minimum Gasteiger partial charge on any atom is -0.313 e. The molecule has 0 spiro atoms. The molecule has 0 radical (unpaired) electrons. The van der Waals surface area contributed by atoms with Crippen LogP contribution in [0.5, 0.6) is 0 Å². The average Bonchev–Trinajstić information content (AvgIpc) is 2.64. The van der Waals surface area contributed by atoms with Crippen LogP contribution in [0, 0.1) is 11.7 Å². The molecule has 1 aliphatic carbocycles. The van der Waals surface area contributed by atoms with Gasteiger partial charge < -0.3 is 5.32 Å². The lowest BCUT2D eigenvalue weighted by Gasteiger charge is -2.26. The predicted molar refractivity (Wildman–Crippen MR) is 74.4 cm³/mol. The highest BCUT2D eigenvalue weighted by atomic mass is 35.5. The van der Waals surface area contributed by atoms with Crippen molar-refractivity contribution in [1.82, 2.24) is 5.32 Å². The minimum absolute atomic E-state index is 0.223. The summed E-state index contributed by atoms with van der Waals surface area (Å²) in [4.78, 5) is 0. The quantitative estimate of drug-likeness (QED) is 0.784. The van der Waals surface area contributed by atoms with Crippen LogP contribution in [0.1, 0.15) is 50.1 Å². The Hall–Kier alpha value is -0.600. The molecule has 0 heterocycles. The number of rotatable bonds is 3. The summed E-state index contributed by atoms with van der Waals surface area (Å²) in [6, 6.07) is 5.38. The molecule has 3 heteroatoms. The SMILES string of the molecule is CNC(c1ccc(F)c(Cl)c1)C1CCCCCC1. The topological polar surface area (TPSA) is 12.0 Å². The fourth-order valence-electron chi connectivity index (χ4n) is 3.02. The standard InChI is InChI=1S/C15H21ClFN/c1-18-15(11-6-4-2-3-5-7-11)12-8-9-14(17)13(16)10-12/h8-11,15,18H,2-7H2,1H3. The van der Waals surface area contributed by atoms with Gasteiger partial charge in [0.05, 0.1) is 5.02 Å². The van der Waals surface area contributed by atoms with Crippen molar-refractivity contribution >= 4 is 11.6 Å². The van der Waals surface area contributed by atoms with Crippen LogP contribution in [0.3, 0.4) is 0 Å². The fourth-order valence-corrected chi connectivity index (χ4v) is 3.21. The van der Waals surface area contributed by atoms with E-state index < -0.39 is 0 Å². The van der Waals surface area contributed by atoms with Crippen LogP contribution in [0.15, 0.2) is 18.2 Å². The Morgan fingerprint density at radius 1 is 1.22 bits per heavy atom.